The van der Waals surface area contributed by atoms with Gasteiger partial charge >= 0.3 is 6.36 Å². The van der Waals surface area contributed by atoms with Gasteiger partial charge < -0.3 is 19.7 Å². The van der Waals surface area contributed by atoms with Crippen molar-refractivity contribution < 1.29 is 40.7 Å². The Kier molecular flexibility index (Phi) is 8.65. The van der Waals surface area contributed by atoms with Gasteiger partial charge in [-0.25, -0.2) is 13.4 Å². The summed E-state index contributed by atoms with van der Waals surface area (Å²) < 4.78 is 74.7. The number of fused-ring (bicyclic) bond motifs is 1. The largest absolute Gasteiger partial charge is 0.573 e. The van der Waals surface area contributed by atoms with Gasteiger partial charge in [0.15, 0.2) is 9.84 Å². The molecule has 5 atom stereocenters. The lowest BCUT2D eigenvalue weighted by Gasteiger charge is -2.33. The molecular formula is C32H40F3N3O6S. The molecular weight excluding hydrogens is 611 g/mol. The summed E-state index contributed by atoms with van der Waals surface area (Å²) >= 11 is 0. The minimum absolute atomic E-state index is 0.0326. The molecule has 0 radical (unpaired) electrons. The fraction of sp³-hybridized carbons (Fsp3) is 0.594. The Labute approximate surface area is 261 Å². The smallest absolute Gasteiger partial charge is 0.472 e. The van der Waals surface area contributed by atoms with Gasteiger partial charge in [0.2, 0.25) is 17.7 Å². The van der Waals surface area contributed by atoms with Crippen LogP contribution in [-0.2, 0) is 19.4 Å². The zero-order valence-corrected chi connectivity index (χ0v) is 26.7. The van der Waals surface area contributed by atoms with Crippen molar-refractivity contribution in [3.8, 4) is 11.6 Å². The van der Waals surface area contributed by atoms with Crippen LogP contribution in [0.1, 0.15) is 59.8 Å². The lowest BCUT2D eigenvalue weighted by Crippen LogP contribution is -2.52. The normalized spacial score (nSPS) is 25.9. The van der Waals surface area contributed by atoms with Crippen molar-refractivity contribution in [3.63, 3.8) is 0 Å². The van der Waals surface area contributed by atoms with E-state index < -0.39 is 56.9 Å². The minimum atomic E-state index is -4.89. The van der Waals surface area contributed by atoms with Crippen LogP contribution in [0.5, 0.6) is 11.6 Å². The number of ether oxygens (including phenoxy) is 2. The molecule has 0 spiro atoms. The summed E-state index contributed by atoms with van der Waals surface area (Å²) in [6.07, 6.45) is -0.281. The molecule has 2 aromatic rings. The molecule has 0 unspecified atom stereocenters. The molecule has 2 amide bonds. The van der Waals surface area contributed by atoms with E-state index in [9.17, 15) is 31.2 Å². The summed E-state index contributed by atoms with van der Waals surface area (Å²) in [5, 5.41) is 3.22. The van der Waals surface area contributed by atoms with E-state index in [1.165, 1.54) is 29.3 Å². The molecule has 0 bridgehead atoms. The average Bonchev–Trinajstić information content (AvgIpc) is 3.88. The van der Waals surface area contributed by atoms with Crippen molar-refractivity contribution in [1.29, 1.82) is 0 Å². The van der Waals surface area contributed by atoms with Crippen LogP contribution in [-0.4, -0.2) is 71.7 Å². The van der Waals surface area contributed by atoms with E-state index in [4.69, 9.17) is 4.74 Å². The first-order chi connectivity index (χ1) is 20.9. The second-order valence-electron chi connectivity index (χ2n) is 13.6. The molecule has 1 aliphatic heterocycles. The molecule has 13 heteroatoms. The fourth-order valence-corrected chi connectivity index (χ4v) is 7.83. The van der Waals surface area contributed by atoms with Crippen LogP contribution in [0, 0.1) is 17.3 Å². The Bertz CT molecular complexity index is 1590. The Morgan fingerprint density at radius 1 is 1.20 bits per heavy atom. The molecule has 1 saturated heterocycles. The van der Waals surface area contributed by atoms with Crippen molar-refractivity contribution in [2.45, 2.75) is 89.1 Å². The van der Waals surface area contributed by atoms with Crippen molar-refractivity contribution in [3.05, 3.63) is 43.1 Å². The number of nitrogens with one attached hydrogen (secondary N) is 1. The quantitative estimate of drug-likeness (QED) is 0.333. The van der Waals surface area contributed by atoms with Crippen LogP contribution >= 0.6 is 0 Å². The molecule has 9 nitrogen and oxygen atoms in total. The van der Waals surface area contributed by atoms with Crippen LogP contribution in [0.3, 0.4) is 0 Å². The molecule has 1 aromatic heterocycles. The van der Waals surface area contributed by atoms with Crippen molar-refractivity contribution in [1.82, 2.24) is 15.2 Å². The van der Waals surface area contributed by atoms with E-state index in [-0.39, 0.29) is 58.9 Å². The van der Waals surface area contributed by atoms with E-state index in [1.54, 1.807) is 19.1 Å². The number of rotatable bonds is 11. The summed E-state index contributed by atoms with van der Waals surface area (Å²) in [5.74, 6) is -1.55. The maximum Gasteiger partial charge on any atom is 0.573 e. The van der Waals surface area contributed by atoms with Gasteiger partial charge in [0.05, 0.1) is 17.5 Å². The Morgan fingerprint density at radius 2 is 1.91 bits per heavy atom. The van der Waals surface area contributed by atoms with E-state index >= 15 is 0 Å². The second kappa shape index (κ2) is 11.8. The summed E-state index contributed by atoms with van der Waals surface area (Å²) in [6, 6.07) is 4.65. The monoisotopic (exact) mass is 651 g/mol. The number of likely N-dealkylation sites (tertiary alicyclic amines) is 1. The molecule has 2 aliphatic carbocycles. The maximum absolute atomic E-state index is 13.9. The number of amides is 2. The van der Waals surface area contributed by atoms with Gasteiger partial charge in [-0.1, -0.05) is 39.8 Å². The summed E-state index contributed by atoms with van der Waals surface area (Å²) in [5.41, 5.74) is -1.15. The van der Waals surface area contributed by atoms with Gasteiger partial charge in [-0.3, -0.25) is 9.59 Å². The molecule has 1 aromatic carbocycles. The highest BCUT2D eigenvalue weighted by molar-refractivity contribution is 7.92. The fourth-order valence-electron chi connectivity index (χ4n) is 5.99. The highest BCUT2D eigenvalue weighted by atomic mass is 32.2. The number of alkyl halides is 3. The van der Waals surface area contributed by atoms with Crippen LogP contribution < -0.4 is 14.8 Å². The van der Waals surface area contributed by atoms with Crippen LogP contribution in [0.2, 0.25) is 0 Å². The zero-order valence-electron chi connectivity index (χ0n) is 25.9. The summed E-state index contributed by atoms with van der Waals surface area (Å²) in [6.45, 7) is 11.5. The Morgan fingerprint density at radius 3 is 2.51 bits per heavy atom. The SMILES string of the molecule is C=C[C@@H]1C[C@@]1(CCS(=O)(=O)C1CC1)NC(=O)[C@@H]1C[C@@H](Oc2nccc3c(OC(F)(F)F)cccc23)CN1C(=O)[C@@H](C)C(C)(C)C. The first-order valence-corrected chi connectivity index (χ1v) is 16.9. The van der Waals surface area contributed by atoms with E-state index in [2.05, 4.69) is 21.6 Å². The van der Waals surface area contributed by atoms with Gasteiger partial charge in [0, 0.05) is 40.8 Å². The first kappa shape index (κ1) is 33.0. The molecule has 45 heavy (non-hydrogen) atoms. The third kappa shape index (κ3) is 7.23. The van der Waals surface area contributed by atoms with Crippen LogP contribution in [0.15, 0.2) is 43.1 Å². The predicted octanol–water partition coefficient (Wildman–Crippen LogP) is 5.19. The number of nitrogens with zero attached hydrogens (tertiary/aromatic N) is 2. The molecule has 2 heterocycles. The van der Waals surface area contributed by atoms with Gasteiger partial charge in [-0.05, 0) is 49.3 Å². The standard InChI is InChI=1S/C32H40F3N3O6S/c1-6-20-17-31(20,13-15-45(41,42)22-10-11-22)37-27(39)25-16-21(18-38(25)29(40)19(2)30(3,4)5)43-28-24-8-7-9-26(44-32(33,34)35)23(24)12-14-36-28/h6-9,12,14,19-22,25H,1,10-11,13,15-18H2,2-5H3,(H,37,39)/t19-,20-,21-,25+,31-/m1/s1. The van der Waals surface area contributed by atoms with Gasteiger partial charge in [-0.2, -0.15) is 0 Å². The highest BCUT2D eigenvalue weighted by Gasteiger charge is 2.56. The first-order valence-electron chi connectivity index (χ1n) is 15.2. The lowest BCUT2D eigenvalue weighted by atomic mass is 9.81. The minimum Gasteiger partial charge on any atom is -0.472 e. The zero-order chi connectivity index (χ0) is 32.9. The number of benzene rings is 1. The summed E-state index contributed by atoms with van der Waals surface area (Å²) in [4.78, 5) is 33.5. The number of hydrogen-bond donors (Lipinski definition) is 1. The molecule has 5 rings (SSSR count). The number of pyridine rings is 1. The Hall–Kier alpha value is -3.35. The molecule has 3 fully saturated rings. The van der Waals surface area contributed by atoms with E-state index in [0.29, 0.717) is 19.3 Å². The maximum atomic E-state index is 13.9. The number of carbonyl (C=O) groups excluding carboxylic acids is 2. The summed E-state index contributed by atoms with van der Waals surface area (Å²) in [7, 11) is -3.24. The topological polar surface area (TPSA) is 115 Å². The second-order valence-corrected chi connectivity index (χ2v) is 16.0. The molecule has 3 aliphatic rings. The van der Waals surface area contributed by atoms with Crippen LogP contribution in [0.4, 0.5) is 13.2 Å². The van der Waals surface area contributed by atoms with E-state index in [0.717, 1.165) is 0 Å². The predicted molar refractivity (Wildman–Crippen MR) is 162 cm³/mol. The molecule has 2 saturated carbocycles. The average molecular weight is 652 g/mol. The number of halogens is 3. The van der Waals surface area contributed by atoms with Crippen molar-refractivity contribution in [2.75, 3.05) is 12.3 Å². The van der Waals surface area contributed by atoms with Gasteiger partial charge in [-0.15, -0.1) is 19.8 Å². The third-order valence-electron chi connectivity index (χ3n) is 9.41. The van der Waals surface area contributed by atoms with Gasteiger partial charge in [0.25, 0.3) is 0 Å². The molecule has 1 N–H and O–H groups in total. The third-order valence-corrected chi connectivity index (χ3v) is 11.7. The molecule has 246 valence electrons. The van der Waals surface area contributed by atoms with E-state index in [1.807, 2.05) is 20.8 Å². The van der Waals surface area contributed by atoms with Crippen LogP contribution in [0.25, 0.3) is 10.8 Å². The number of sulfone groups is 1. The van der Waals surface area contributed by atoms with Crippen molar-refractivity contribution >= 4 is 32.4 Å². The lowest BCUT2D eigenvalue weighted by molar-refractivity contribution is -0.274. The number of aromatic nitrogens is 1. The number of hydrogen-bond acceptors (Lipinski definition) is 7. The number of carbonyl (C=O) groups is 2. The van der Waals surface area contributed by atoms with Crippen molar-refractivity contribution in [2.24, 2.45) is 17.3 Å². The van der Waals surface area contributed by atoms with Gasteiger partial charge in [0.1, 0.15) is 17.9 Å². The highest BCUT2D eigenvalue weighted by Crippen LogP contribution is 2.48. The Balaban J connectivity index is 1.38.